The molecule has 3 nitrogen and oxygen atoms in total. The molecule has 1 fully saturated rings. The van der Waals surface area contributed by atoms with Gasteiger partial charge in [-0.1, -0.05) is 12.8 Å². The van der Waals surface area contributed by atoms with Crippen LogP contribution < -0.4 is 0 Å². The van der Waals surface area contributed by atoms with Crippen molar-refractivity contribution < 1.29 is 5.11 Å². The molecule has 1 heterocycles. The first-order valence-electron chi connectivity index (χ1n) is 5.02. The molecule has 78 valence electrons. The Morgan fingerprint density at radius 2 is 2.43 bits per heavy atom. The molecule has 14 heavy (non-hydrogen) atoms. The van der Waals surface area contributed by atoms with E-state index in [4.69, 9.17) is 0 Å². The topological polar surface area (TPSA) is 38.0 Å². The lowest BCUT2D eigenvalue weighted by atomic mass is 9.82. The zero-order chi connectivity index (χ0) is 10.2. The van der Waals surface area contributed by atoms with E-state index < -0.39 is 5.60 Å². The van der Waals surface area contributed by atoms with Crippen LogP contribution in [0.2, 0.25) is 0 Å². The molecule has 2 rings (SSSR count). The lowest BCUT2D eigenvalue weighted by Crippen LogP contribution is -2.39. The third-order valence-corrected chi connectivity index (χ3v) is 3.43. The average molecular weight is 259 g/mol. The number of halogens is 1. The summed E-state index contributed by atoms with van der Waals surface area (Å²) in [4.78, 5) is 0. The van der Waals surface area contributed by atoms with Crippen molar-refractivity contribution in [3.05, 3.63) is 16.9 Å². The number of aliphatic hydroxyl groups is 1. The van der Waals surface area contributed by atoms with Crippen molar-refractivity contribution in [3.63, 3.8) is 0 Å². The van der Waals surface area contributed by atoms with E-state index in [-0.39, 0.29) is 6.04 Å². The smallest absolute Gasteiger partial charge is 0.0842 e. The minimum absolute atomic E-state index is 0.127. The third kappa shape index (κ3) is 1.86. The van der Waals surface area contributed by atoms with Crippen molar-refractivity contribution in [1.82, 2.24) is 9.78 Å². The number of aromatic nitrogens is 2. The molecule has 1 saturated carbocycles. The van der Waals surface area contributed by atoms with Crippen LogP contribution in [0.5, 0.6) is 0 Å². The maximum atomic E-state index is 10.2. The monoisotopic (exact) mass is 258 g/mol. The zero-order valence-corrected chi connectivity index (χ0v) is 9.87. The predicted molar refractivity (Wildman–Crippen MR) is 58.1 cm³/mol. The van der Waals surface area contributed by atoms with Crippen LogP contribution in [0.15, 0.2) is 16.9 Å². The van der Waals surface area contributed by atoms with Crippen LogP contribution in [-0.4, -0.2) is 20.5 Å². The van der Waals surface area contributed by atoms with Crippen LogP contribution in [0.3, 0.4) is 0 Å². The van der Waals surface area contributed by atoms with E-state index in [1.54, 1.807) is 6.20 Å². The highest BCUT2D eigenvalue weighted by atomic mass is 79.9. The molecule has 1 aliphatic carbocycles. The fourth-order valence-corrected chi connectivity index (χ4v) is 2.50. The molecular weight excluding hydrogens is 244 g/mol. The van der Waals surface area contributed by atoms with Gasteiger partial charge in [0.05, 0.1) is 22.3 Å². The molecule has 1 N–H and O–H groups in total. The van der Waals surface area contributed by atoms with Gasteiger partial charge in [-0.05, 0) is 35.7 Å². The van der Waals surface area contributed by atoms with Gasteiger partial charge in [-0.15, -0.1) is 0 Å². The van der Waals surface area contributed by atoms with E-state index in [0.717, 1.165) is 23.7 Å². The minimum Gasteiger partial charge on any atom is -0.388 e. The molecule has 0 radical (unpaired) electrons. The Kier molecular flexibility index (Phi) is 2.66. The van der Waals surface area contributed by atoms with Crippen molar-refractivity contribution >= 4 is 15.9 Å². The Bertz CT molecular complexity index is 322. The molecule has 2 atom stereocenters. The van der Waals surface area contributed by atoms with E-state index in [1.165, 1.54) is 6.42 Å². The molecule has 4 heteroatoms. The van der Waals surface area contributed by atoms with Gasteiger partial charge in [0.2, 0.25) is 0 Å². The average Bonchev–Trinajstić information content (AvgIpc) is 2.51. The molecule has 1 aromatic heterocycles. The zero-order valence-electron chi connectivity index (χ0n) is 8.28. The highest BCUT2D eigenvalue weighted by molar-refractivity contribution is 9.10. The fourth-order valence-electron chi connectivity index (χ4n) is 2.20. The Hall–Kier alpha value is -0.350. The van der Waals surface area contributed by atoms with Crippen molar-refractivity contribution in [1.29, 1.82) is 0 Å². The highest BCUT2D eigenvalue weighted by Crippen LogP contribution is 2.36. The molecule has 0 bridgehead atoms. The van der Waals surface area contributed by atoms with Gasteiger partial charge in [-0.2, -0.15) is 5.10 Å². The largest absolute Gasteiger partial charge is 0.388 e. The second-order valence-electron chi connectivity index (χ2n) is 4.26. The molecule has 0 spiro atoms. The van der Waals surface area contributed by atoms with E-state index >= 15 is 0 Å². The van der Waals surface area contributed by atoms with Gasteiger partial charge in [0.1, 0.15) is 0 Å². The summed E-state index contributed by atoms with van der Waals surface area (Å²) in [5, 5.41) is 14.5. The summed E-state index contributed by atoms with van der Waals surface area (Å²) in [6.07, 6.45) is 7.88. The van der Waals surface area contributed by atoms with E-state index in [2.05, 4.69) is 21.0 Å². The first-order chi connectivity index (χ1) is 6.59. The number of rotatable bonds is 1. The van der Waals surface area contributed by atoms with Gasteiger partial charge in [0.25, 0.3) is 0 Å². The molecule has 0 amide bonds. The molecule has 1 aromatic rings. The van der Waals surface area contributed by atoms with Crippen LogP contribution >= 0.6 is 15.9 Å². The van der Waals surface area contributed by atoms with Crippen molar-refractivity contribution in [2.45, 2.75) is 44.2 Å². The molecule has 0 aliphatic heterocycles. The van der Waals surface area contributed by atoms with Gasteiger partial charge in [0, 0.05) is 6.20 Å². The molecular formula is C10H15BrN2O. The van der Waals surface area contributed by atoms with Crippen LogP contribution in [-0.2, 0) is 0 Å². The van der Waals surface area contributed by atoms with Gasteiger partial charge in [-0.3, -0.25) is 4.68 Å². The second kappa shape index (κ2) is 3.66. The first kappa shape index (κ1) is 10.2. The maximum Gasteiger partial charge on any atom is 0.0842 e. The summed E-state index contributed by atoms with van der Waals surface area (Å²) >= 11 is 3.37. The summed E-state index contributed by atoms with van der Waals surface area (Å²) in [6, 6.07) is 0.127. The normalized spacial score (nSPS) is 33.2. The molecule has 0 aromatic carbocycles. The van der Waals surface area contributed by atoms with Crippen LogP contribution in [0.1, 0.15) is 38.6 Å². The second-order valence-corrected chi connectivity index (χ2v) is 5.17. The standard InChI is InChI=1S/C10H15BrN2O/c1-10(14)5-3-2-4-9(10)13-7-8(11)6-12-13/h6-7,9,14H,2-5H2,1H3/t9-,10+/m1/s1. The lowest BCUT2D eigenvalue weighted by Gasteiger charge is -2.37. The molecule has 0 unspecified atom stereocenters. The van der Waals surface area contributed by atoms with Gasteiger partial charge >= 0.3 is 0 Å². The SMILES string of the molecule is C[C@]1(O)CCCC[C@H]1n1cc(Br)cn1. The van der Waals surface area contributed by atoms with Gasteiger partial charge in [0.15, 0.2) is 0 Å². The van der Waals surface area contributed by atoms with Crippen LogP contribution in [0.25, 0.3) is 0 Å². The Labute approximate surface area is 92.2 Å². The number of nitrogens with zero attached hydrogens (tertiary/aromatic N) is 2. The van der Waals surface area contributed by atoms with E-state index in [1.807, 2.05) is 17.8 Å². The summed E-state index contributed by atoms with van der Waals surface area (Å²) < 4.78 is 2.85. The summed E-state index contributed by atoms with van der Waals surface area (Å²) in [5.41, 5.74) is -0.607. The lowest BCUT2D eigenvalue weighted by molar-refractivity contribution is -0.0292. The Balaban J connectivity index is 2.23. The van der Waals surface area contributed by atoms with Crippen LogP contribution in [0, 0.1) is 0 Å². The predicted octanol–water partition coefficient (Wildman–Crippen LogP) is 2.51. The van der Waals surface area contributed by atoms with Crippen molar-refractivity contribution in [3.8, 4) is 0 Å². The highest BCUT2D eigenvalue weighted by Gasteiger charge is 2.36. The molecule has 0 saturated heterocycles. The van der Waals surface area contributed by atoms with Crippen LogP contribution in [0.4, 0.5) is 0 Å². The summed E-state index contributed by atoms with van der Waals surface area (Å²) in [5.74, 6) is 0. The van der Waals surface area contributed by atoms with Gasteiger partial charge < -0.3 is 5.11 Å². The summed E-state index contributed by atoms with van der Waals surface area (Å²) in [6.45, 7) is 1.91. The van der Waals surface area contributed by atoms with Gasteiger partial charge in [-0.25, -0.2) is 0 Å². The fraction of sp³-hybridized carbons (Fsp3) is 0.700. The third-order valence-electron chi connectivity index (χ3n) is 3.02. The quantitative estimate of drug-likeness (QED) is 0.841. The molecule has 1 aliphatic rings. The Morgan fingerprint density at radius 1 is 1.64 bits per heavy atom. The summed E-state index contributed by atoms with van der Waals surface area (Å²) in [7, 11) is 0. The Morgan fingerprint density at radius 3 is 3.00 bits per heavy atom. The van der Waals surface area contributed by atoms with E-state index in [9.17, 15) is 5.11 Å². The minimum atomic E-state index is -0.607. The van der Waals surface area contributed by atoms with Crippen molar-refractivity contribution in [2.75, 3.05) is 0 Å². The number of hydrogen-bond acceptors (Lipinski definition) is 2. The van der Waals surface area contributed by atoms with E-state index in [0.29, 0.717) is 0 Å². The number of hydrogen-bond donors (Lipinski definition) is 1. The first-order valence-corrected chi connectivity index (χ1v) is 5.81. The maximum absolute atomic E-state index is 10.2. The van der Waals surface area contributed by atoms with Crippen molar-refractivity contribution in [2.24, 2.45) is 0 Å².